The molecule has 0 aliphatic heterocycles. The summed E-state index contributed by atoms with van der Waals surface area (Å²) < 4.78 is 46.8. The highest BCUT2D eigenvalue weighted by Crippen LogP contribution is 2.34. The fraction of sp³-hybridized carbons (Fsp3) is 0.250. The lowest BCUT2D eigenvalue weighted by Gasteiger charge is -2.25. The van der Waals surface area contributed by atoms with E-state index in [1.165, 1.54) is 18.2 Å². The third-order valence-electron chi connectivity index (χ3n) is 5.19. The molecule has 3 aromatic rings. The molecule has 1 aromatic heterocycles. The monoisotopic (exact) mass is 469 g/mol. The number of rotatable bonds is 8. The number of halogens is 1. The number of carbonyl (C=O) groups excluding carboxylic acids is 1. The number of amides is 1. The molecule has 4 rings (SSSR count). The van der Waals surface area contributed by atoms with Crippen molar-refractivity contribution in [3.63, 3.8) is 0 Å². The Morgan fingerprint density at radius 1 is 1.18 bits per heavy atom. The molecule has 0 saturated heterocycles. The second-order valence-electron chi connectivity index (χ2n) is 8.00. The number of hydrogen-bond donors (Lipinski definition) is 1. The first kappa shape index (κ1) is 22.7. The maximum atomic E-state index is 14.8. The van der Waals surface area contributed by atoms with E-state index in [1.54, 1.807) is 43.5 Å². The van der Waals surface area contributed by atoms with Crippen LogP contribution in [0.1, 0.15) is 34.5 Å². The summed E-state index contributed by atoms with van der Waals surface area (Å²) in [5, 5.41) is 2.89. The largest absolute Gasteiger partial charge is 0.484 e. The van der Waals surface area contributed by atoms with Crippen molar-refractivity contribution < 1.29 is 22.3 Å². The van der Waals surface area contributed by atoms with Crippen LogP contribution in [0.15, 0.2) is 60.8 Å². The van der Waals surface area contributed by atoms with Crippen LogP contribution in [0.2, 0.25) is 0 Å². The summed E-state index contributed by atoms with van der Waals surface area (Å²) in [6.45, 7) is 1.81. The van der Waals surface area contributed by atoms with Crippen molar-refractivity contribution in [2.45, 2.75) is 32.4 Å². The van der Waals surface area contributed by atoms with E-state index in [0.29, 0.717) is 16.8 Å². The number of sulfonamides is 1. The van der Waals surface area contributed by atoms with Crippen LogP contribution < -0.4 is 14.4 Å². The van der Waals surface area contributed by atoms with Gasteiger partial charge >= 0.3 is 0 Å². The van der Waals surface area contributed by atoms with E-state index < -0.39 is 15.8 Å². The smallest absolute Gasteiger partial charge is 0.251 e. The highest BCUT2D eigenvalue weighted by atomic mass is 32.2. The van der Waals surface area contributed by atoms with Crippen LogP contribution in [0.5, 0.6) is 5.75 Å². The van der Waals surface area contributed by atoms with Crippen molar-refractivity contribution in [1.82, 2.24) is 10.3 Å². The molecule has 2 aromatic carbocycles. The van der Waals surface area contributed by atoms with E-state index in [-0.39, 0.29) is 35.7 Å². The number of hydrogen-bond acceptors (Lipinski definition) is 5. The predicted octanol–water partition coefficient (Wildman–Crippen LogP) is 4.10. The average molecular weight is 470 g/mol. The van der Waals surface area contributed by atoms with E-state index >= 15 is 0 Å². The number of pyridine rings is 1. The molecular formula is C24H24FN3O4S. The van der Waals surface area contributed by atoms with Gasteiger partial charge in [0.1, 0.15) is 6.61 Å². The van der Waals surface area contributed by atoms with Crippen LogP contribution in [0.3, 0.4) is 0 Å². The molecule has 1 heterocycles. The van der Waals surface area contributed by atoms with Crippen molar-refractivity contribution >= 4 is 27.3 Å². The molecule has 7 nitrogen and oxygen atoms in total. The molecule has 1 aliphatic carbocycles. The van der Waals surface area contributed by atoms with Crippen LogP contribution in [0.25, 0.3) is 0 Å². The average Bonchev–Trinajstić information content (AvgIpc) is 3.58. The molecule has 0 bridgehead atoms. The van der Waals surface area contributed by atoms with Gasteiger partial charge in [0.2, 0.25) is 10.0 Å². The molecule has 1 fully saturated rings. The van der Waals surface area contributed by atoms with Gasteiger partial charge < -0.3 is 10.1 Å². The summed E-state index contributed by atoms with van der Waals surface area (Å²) >= 11 is 0. The zero-order chi connectivity index (χ0) is 23.6. The molecule has 0 radical (unpaired) electrons. The summed E-state index contributed by atoms with van der Waals surface area (Å²) in [7, 11) is -3.85. The Kier molecular flexibility index (Phi) is 6.33. The quantitative estimate of drug-likeness (QED) is 0.537. The molecule has 1 aliphatic rings. The number of ether oxygens (including phenoxy) is 1. The maximum absolute atomic E-state index is 14.8. The van der Waals surface area contributed by atoms with Crippen molar-refractivity contribution in [3.05, 3.63) is 83.4 Å². The van der Waals surface area contributed by atoms with Crippen LogP contribution in [0, 0.1) is 12.7 Å². The number of benzene rings is 2. The van der Waals surface area contributed by atoms with Crippen molar-refractivity contribution in [2.24, 2.45) is 0 Å². The van der Waals surface area contributed by atoms with Gasteiger partial charge in [0.15, 0.2) is 11.6 Å². The number of carbonyl (C=O) groups is 1. The van der Waals surface area contributed by atoms with Crippen LogP contribution in [-0.4, -0.2) is 31.6 Å². The molecule has 0 atom stereocenters. The zero-order valence-corrected chi connectivity index (χ0v) is 19.1. The predicted molar refractivity (Wildman–Crippen MR) is 124 cm³/mol. The highest BCUT2D eigenvalue weighted by Gasteiger charge is 2.26. The van der Waals surface area contributed by atoms with Crippen LogP contribution in [0.4, 0.5) is 15.8 Å². The minimum absolute atomic E-state index is 0.0212. The van der Waals surface area contributed by atoms with E-state index in [0.717, 1.165) is 29.5 Å². The molecule has 9 heteroatoms. The van der Waals surface area contributed by atoms with Crippen molar-refractivity contribution in [1.29, 1.82) is 0 Å². The Hall–Kier alpha value is -3.46. The summed E-state index contributed by atoms with van der Waals surface area (Å²) in [4.78, 5) is 16.6. The van der Waals surface area contributed by atoms with Crippen LogP contribution in [-0.2, 0) is 16.6 Å². The number of anilines is 2. The van der Waals surface area contributed by atoms with Gasteiger partial charge in [0, 0.05) is 23.9 Å². The lowest BCUT2D eigenvalue weighted by Crippen LogP contribution is -2.28. The van der Waals surface area contributed by atoms with Gasteiger partial charge in [-0.2, -0.15) is 0 Å². The fourth-order valence-electron chi connectivity index (χ4n) is 3.34. The minimum Gasteiger partial charge on any atom is -0.484 e. The first-order valence-corrected chi connectivity index (χ1v) is 12.3. The minimum atomic E-state index is -3.85. The van der Waals surface area contributed by atoms with Gasteiger partial charge in [0.25, 0.3) is 5.91 Å². The van der Waals surface area contributed by atoms with Gasteiger partial charge in [-0.15, -0.1) is 0 Å². The molecule has 33 heavy (non-hydrogen) atoms. The lowest BCUT2D eigenvalue weighted by molar-refractivity contribution is 0.0951. The maximum Gasteiger partial charge on any atom is 0.251 e. The van der Waals surface area contributed by atoms with Gasteiger partial charge in [-0.05, 0) is 61.7 Å². The molecule has 0 spiro atoms. The van der Waals surface area contributed by atoms with Gasteiger partial charge in [-0.1, -0.05) is 12.1 Å². The standard InChI is InChI=1S/C24H24FN3O4S/c1-16-6-7-17(24(29)27-18-8-9-18)13-22(16)28(33(2,30)31)20-10-11-23(21(25)14-20)32-15-19-5-3-4-12-26-19/h3-7,10-14,18H,8-9,15H2,1-2H3,(H,27,29). The van der Waals surface area contributed by atoms with Gasteiger partial charge in [-0.25, -0.2) is 17.1 Å². The second kappa shape index (κ2) is 9.19. The molecule has 0 unspecified atom stereocenters. The van der Waals surface area contributed by atoms with Gasteiger partial charge in [0.05, 0.1) is 23.3 Å². The Balaban J connectivity index is 1.64. The van der Waals surface area contributed by atoms with E-state index in [1.807, 2.05) is 0 Å². The molecule has 1 amide bonds. The topological polar surface area (TPSA) is 88.6 Å². The summed E-state index contributed by atoms with van der Waals surface area (Å²) in [5.74, 6) is -0.999. The number of aromatic nitrogens is 1. The molecule has 1 saturated carbocycles. The lowest BCUT2D eigenvalue weighted by atomic mass is 10.1. The fourth-order valence-corrected chi connectivity index (χ4v) is 4.39. The Morgan fingerprint density at radius 2 is 1.97 bits per heavy atom. The van der Waals surface area contributed by atoms with E-state index in [2.05, 4.69) is 10.3 Å². The Morgan fingerprint density at radius 3 is 2.61 bits per heavy atom. The summed E-state index contributed by atoms with van der Waals surface area (Å²) in [6, 6.07) is 14.3. The normalized spacial score (nSPS) is 13.4. The van der Waals surface area contributed by atoms with Crippen molar-refractivity contribution in [2.75, 3.05) is 10.6 Å². The second-order valence-corrected chi connectivity index (χ2v) is 9.83. The third kappa shape index (κ3) is 5.48. The van der Waals surface area contributed by atoms with E-state index in [4.69, 9.17) is 4.74 Å². The molecule has 1 N–H and O–H groups in total. The Labute approximate surface area is 192 Å². The molecule has 172 valence electrons. The first-order valence-electron chi connectivity index (χ1n) is 10.5. The first-order chi connectivity index (χ1) is 15.7. The SMILES string of the molecule is Cc1ccc(C(=O)NC2CC2)cc1N(c1ccc(OCc2ccccn2)c(F)c1)S(C)(=O)=O. The number of aryl methyl sites for hydroxylation is 1. The van der Waals surface area contributed by atoms with Crippen molar-refractivity contribution in [3.8, 4) is 5.75 Å². The van der Waals surface area contributed by atoms with Gasteiger partial charge in [-0.3, -0.25) is 9.78 Å². The summed E-state index contributed by atoms with van der Waals surface area (Å²) in [5.41, 5.74) is 1.98. The summed E-state index contributed by atoms with van der Waals surface area (Å²) in [6.07, 6.45) is 4.53. The zero-order valence-electron chi connectivity index (χ0n) is 18.3. The molecular weight excluding hydrogens is 445 g/mol. The third-order valence-corrected chi connectivity index (χ3v) is 6.26. The number of nitrogens with one attached hydrogen (secondary N) is 1. The number of nitrogens with zero attached hydrogens (tertiary/aromatic N) is 2. The van der Waals surface area contributed by atoms with Crippen LogP contribution >= 0.6 is 0 Å². The highest BCUT2D eigenvalue weighted by molar-refractivity contribution is 7.92. The Bertz CT molecular complexity index is 1280. The van der Waals surface area contributed by atoms with E-state index in [9.17, 15) is 17.6 Å².